The average molecular weight is 267 g/mol. The Hall–Kier alpha value is -1.36. The van der Waals surface area contributed by atoms with Crippen LogP contribution in [0.2, 0.25) is 0 Å². The molecule has 5 nitrogen and oxygen atoms in total. The van der Waals surface area contributed by atoms with Crippen LogP contribution in [0.1, 0.15) is 44.1 Å². The minimum Gasteiger partial charge on any atom is -0.393 e. The van der Waals surface area contributed by atoms with Gasteiger partial charge in [0.1, 0.15) is 0 Å². The van der Waals surface area contributed by atoms with E-state index in [1.165, 1.54) is 0 Å². The molecular formula is C14H25N3O2. The summed E-state index contributed by atoms with van der Waals surface area (Å²) < 4.78 is 0. The average Bonchev–Trinajstić information content (AvgIpc) is 2.67. The van der Waals surface area contributed by atoms with Gasteiger partial charge in [0.15, 0.2) is 0 Å². The summed E-state index contributed by atoms with van der Waals surface area (Å²) in [4.78, 5) is 12.0. The minimum absolute atomic E-state index is 0.0343. The summed E-state index contributed by atoms with van der Waals surface area (Å²) in [5, 5.41) is 19.6. The number of hydrogen-bond acceptors (Lipinski definition) is 3. The predicted molar refractivity (Wildman–Crippen MR) is 74.9 cm³/mol. The van der Waals surface area contributed by atoms with Crippen molar-refractivity contribution in [3.63, 3.8) is 0 Å². The molecule has 0 aliphatic heterocycles. The maximum absolute atomic E-state index is 12.0. The summed E-state index contributed by atoms with van der Waals surface area (Å²) in [7, 11) is 0. The molecule has 108 valence electrons. The molecule has 0 radical (unpaired) electrons. The first-order valence-electron chi connectivity index (χ1n) is 6.75. The fourth-order valence-electron chi connectivity index (χ4n) is 1.93. The maximum Gasteiger partial charge on any atom is 0.224 e. The molecule has 1 amide bonds. The number of aryl methyl sites for hydroxylation is 2. The first-order chi connectivity index (χ1) is 8.80. The van der Waals surface area contributed by atoms with Crippen molar-refractivity contribution < 1.29 is 9.90 Å². The Kier molecular flexibility index (Phi) is 5.11. The highest BCUT2D eigenvalue weighted by Crippen LogP contribution is 2.24. The SMILES string of the molecule is CC[C@](C)(CNC(=O)Cc1c(C)n[nH]c1C)[C@@H](C)O. The van der Waals surface area contributed by atoms with E-state index in [1.54, 1.807) is 6.92 Å². The van der Waals surface area contributed by atoms with Crippen molar-refractivity contribution >= 4 is 5.91 Å². The highest BCUT2D eigenvalue weighted by molar-refractivity contribution is 5.79. The second kappa shape index (κ2) is 6.19. The van der Waals surface area contributed by atoms with Gasteiger partial charge in [-0.05, 0) is 27.2 Å². The van der Waals surface area contributed by atoms with Crippen molar-refractivity contribution in [1.82, 2.24) is 15.5 Å². The number of carbonyl (C=O) groups is 1. The van der Waals surface area contributed by atoms with Gasteiger partial charge < -0.3 is 10.4 Å². The lowest BCUT2D eigenvalue weighted by molar-refractivity contribution is -0.121. The Morgan fingerprint density at radius 3 is 2.58 bits per heavy atom. The van der Waals surface area contributed by atoms with E-state index >= 15 is 0 Å². The Morgan fingerprint density at radius 2 is 2.16 bits per heavy atom. The fraction of sp³-hybridized carbons (Fsp3) is 0.714. The zero-order valence-electron chi connectivity index (χ0n) is 12.5. The zero-order valence-corrected chi connectivity index (χ0v) is 12.5. The van der Waals surface area contributed by atoms with Gasteiger partial charge in [0, 0.05) is 23.2 Å². The van der Waals surface area contributed by atoms with Crippen LogP contribution in [-0.2, 0) is 11.2 Å². The Balaban J connectivity index is 2.58. The Bertz CT molecular complexity index is 420. The van der Waals surface area contributed by atoms with Gasteiger partial charge in [-0.1, -0.05) is 13.8 Å². The number of aromatic amines is 1. The second-order valence-corrected chi connectivity index (χ2v) is 5.55. The molecule has 3 N–H and O–H groups in total. The van der Waals surface area contributed by atoms with Crippen molar-refractivity contribution in [2.45, 2.75) is 53.6 Å². The molecule has 1 heterocycles. The second-order valence-electron chi connectivity index (χ2n) is 5.55. The lowest BCUT2D eigenvalue weighted by atomic mass is 9.82. The predicted octanol–water partition coefficient (Wildman–Crippen LogP) is 1.48. The van der Waals surface area contributed by atoms with E-state index in [0.29, 0.717) is 13.0 Å². The van der Waals surface area contributed by atoms with E-state index in [0.717, 1.165) is 23.4 Å². The number of nitrogens with zero attached hydrogens (tertiary/aromatic N) is 1. The number of rotatable bonds is 6. The summed E-state index contributed by atoms with van der Waals surface area (Å²) in [6, 6.07) is 0. The summed E-state index contributed by atoms with van der Waals surface area (Å²) in [6.07, 6.45) is 0.692. The van der Waals surface area contributed by atoms with Gasteiger partial charge in [-0.3, -0.25) is 9.89 Å². The molecule has 19 heavy (non-hydrogen) atoms. The number of aromatic nitrogens is 2. The number of H-pyrrole nitrogens is 1. The van der Waals surface area contributed by atoms with E-state index < -0.39 is 6.10 Å². The molecule has 0 unspecified atom stereocenters. The van der Waals surface area contributed by atoms with Crippen LogP contribution in [0.15, 0.2) is 0 Å². The van der Waals surface area contributed by atoms with Gasteiger partial charge >= 0.3 is 0 Å². The molecule has 0 spiro atoms. The van der Waals surface area contributed by atoms with Crippen molar-refractivity contribution in [1.29, 1.82) is 0 Å². The smallest absolute Gasteiger partial charge is 0.224 e. The number of aliphatic hydroxyl groups excluding tert-OH is 1. The van der Waals surface area contributed by atoms with Crippen LogP contribution in [0, 0.1) is 19.3 Å². The third-order valence-electron chi connectivity index (χ3n) is 4.12. The van der Waals surface area contributed by atoms with Crippen molar-refractivity contribution in [3.8, 4) is 0 Å². The van der Waals surface area contributed by atoms with Gasteiger partial charge in [0.05, 0.1) is 18.2 Å². The highest BCUT2D eigenvalue weighted by atomic mass is 16.3. The van der Waals surface area contributed by atoms with E-state index in [2.05, 4.69) is 15.5 Å². The third kappa shape index (κ3) is 3.80. The van der Waals surface area contributed by atoms with Crippen LogP contribution in [0.4, 0.5) is 0 Å². The van der Waals surface area contributed by atoms with Gasteiger partial charge in [-0.2, -0.15) is 5.10 Å². The van der Waals surface area contributed by atoms with Crippen LogP contribution < -0.4 is 5.32 Å². The summed E-state index contributed by atoms with van der Waals surface area (Å²) in [5.41, 5.74) is 2.46. The van der Waals surface area contributed by atoms with Crippen LogP contribution in [-0.4, -0.2) is 33.9 Å². The molecule has 0 aliphatic carbocycles. The zero-order chi connectivity index (χ0) is 14.6. The largest absolute Gasteiger partial charge is 0.393 e. The van der Waals surface area contributed by atoms with Crippen molar-refractivity contribution in [2.24, 2.45) is 5.41 Å². The molecule has 0 saturated carbocycles. The lowest BCUT2D eigenvalue weighted by Gasteiger charge is -2.31. The molecule has 2 atom stereocenters. The molecule has 0 saturated heterocycles. The maximum atomic E-state index is 12.0. The van der Waals surface area contributed by atoms with Gasteiger partial charge in [0.2, 0.25) is 5.91 Å². The van der Waals surface area contributed by atoms with Crippen LogP contribution in [0.25, 0.3) is 0 Å². The molecule has 0 fully saturated rings. The van der Waals surface area contributed by atoms with Crippen molar-refractivity contribution in [2.75, 3.05) is 6.54 Å². The summed E-state index contributed by atoms with van der Waals surface area (Å²) in [5.74, 6) is -0.0343. The molecule has 0 bridgehead atoms. The number of carbonyl (C=O) groups excluding carboxylic acids is 1. The normalized spacial score (nSPS) is 15.9. The Labute approximate surface area is 114 Å². The van der Waals surface area contributed by atoms with E-state index in [1.807, 2.05) is 27.7 Å². The summed E-state index contributed by atoms with van der Waals surface area (Å²) in [6.45, 7) is 10.0. The molecule has 0 aliphatic rings. The number of amides is 1. The van der Waals surface area contributed by atoms with E-state index in [4.69, 9.17) is 0 Å². The van der Waals surface area contributed by atoms with Crippen LogP contribution in [0.5, 0.6) is 0 Å². The van der Waals surface area contributed by atoms with Gasteiger partial charge in [-0.25, -0.2) is 0 Å². The van der Waals surface area contributed by atoms with Crippen LogP contribution >= 0.6 is 0 Å². The first-order valence-corrected chi connectivity index (χ1v) is 6.75. The van der Waals surface area contributed by atoms with E-state index in [9.17, 15) is 9.90 Å². The highest BCUT2D eigenvalue weighted by Gasteiger charge is 2.28. The molecular weight excluding hydrogens is 242 g/mol. The standard InChI is InChI=1S/C14H25N3O2/c1-6-14(5,11(4)18)8-15-13(19)7-12-9(2)16-17-10(12)3/h11,18H,6-8H2,1-5H3,(H,15,19)(H,16,17)/t11-,14-/m1/s1. The van der Waals surface area contributed by atoms with Gasteiger partial charge in [-0.15, -0.1) is 0 Å². The summed E-state index contributed by atoms with van der Waals surface area (Å²) >= 11 is 0. The molecule has 1 aromatic heterocycles. The monoisotopic (exact) mass is 267 g/mol. The molecule has 5 heteroatoms. The number of aliphatic hydroxyl groups is 1. The third-order valence-corrected chi connectivity index (χ3v) is 4.12. The molecule has 1 rings (SSSR count). The molecule has 1 aromatic rings. The van der Waals surface area contributed by atoms with E-state index in [-0.39, 0.29) is 11.3 Å². The first kappa shape index (κ1) is 15.7. The minimum atomic E-state index is -0.449. The Morgan fingerprint density at radius 1 is 1.53 bits per heavy atom. The van der Waals surface area contributed by atoms with Crippen molar-refractivity contribution in [3.05, 3.63) is 17.0 Å². The topological polar surface area (TPSA) is 78.0 Å². The fourth-order valence-corrected chi connectivity index (χ4v) is 1.93. The quantitative estimate of drug-likeness (QED) is 0.730. The van der Waals surface area contributed by atoms with Crippen LogP contribution in [0.3, 0.4) is 0 Å². The number of nitrogens with one attached hydrogen (secondary N) is 2. The number of hydrogen-bond donors (Lipinski definition) is 3. The molecule has 0 aromatic carbocycles. The van der Waals surface area contributed by atoms with Gasteiger partial charge in [0.25, 0.3) is 0 Å². The lowest BCUT2D eigenvalue weighted by Crippen LogP contribution is -2.42.